The molecule has 8 aromatic rings. The highest BCUT2D eigenvalue weighted by molar-refractivity contribution is 6.00. The molecular formula is C47H47F2N11O5. The number of carbonyl (C=O) groups excluding carboxylic acids is 1. The first-order valence-corrected chi connectivity index (χ1v) is 21.8. The maximum Gasteiger partial charge on any atom is 0.438 e. The van der Waals surface area contributed by atoms with Gasteiger partial charge in [0.15, 0.2) is 11.6 Å². The van der Waals surface area contributed by atoms with Gasteiger partial charge >= 0.3 is 11.4 Å². The van der Waals surface area contributed by atoms with Gasteiger partial charge in [0.05, 0.1) is 52.4 Å². The molecule has 1 aliphatic carbocycles. The first-order chi connectivity index (χ1) is 31.1. The van der Waals surface area contributed by atoms with Crippen molar-refractivity contribution in [1.82, 2.24) is 48.3 Å². The molecule has 1 saturated heterocycles. The molecule has 3 atom stereocenters. The molecule has 16 nitrogen and oxygen atoms in total. The maximum absolute atomic E-state index is 16.1. The molecule has 0 bridgehead atoms. The number of carbonyl (C=O) groups is 1. The van der Waals surface area contributed by atoms with E-state index in [0.717, 1.165) is 16.6 Å². The normalized spacial score (nSPS) is 20.6. The van der Waals surface area contributed by atoms with E-state index in [9.17, 15) is 9.59 Å². The molecule has 0 radical (unpaired) electrons. The molecule has 18 heteroatoms. The Balaban J connectivity index is 1.06. The number of aryl methyl sites for hydroxylation is 3. The van der Waals surface area contributed by atoms with Gasteiger partial charge in [0.25, 0.3) is 5.91 Å². The molecule has 3 aromatic carbocycles. The van der Waals surface area contributed by atoms with Crippen LogP contribution in [0.5, 0.6) is 0 Å². The van der Waals surface area contributed by atoms with Crippen LogP contribution in [-0.4, -0.2) is 86.1 Å². The molecule has 1 amide bonds. The highest BCUT2D eigenvalue weighted by Gasteiger charge is 2.59. The second-order valence-electron chi connectivity index (χ2n) is 18.4. The number of H-pyrrole nitrogens is 1. The molecule has 3 aliphatic rings. The summed E-state index contributed by atoms with van der Waals surface area (Å²) >= 11 is 0. The van der Waals surface area contributed by atoms with Crippen LogP contribution in [-0.2, 0) is 23.7 Å². The van der Waals surface area contributed by atoms with E-state index in [1.165, 1.54) is 21.5 Å². The number of hydrogen-bond acceptors (Lipinski definition) is 9. The van der Waals surface area contributed by atoms with E-state index in [1.54, 1.807) is 65.6 Å². The summed E-state index contributed by atoms with van der Waals surface area (Å²) in [5, 5.41) is 14.5. The summed E-state index contributed by atoms with van der Waals surface area (Å²) in [5.41, 5.74) is 3.59. The number of fused-ring (bicyclic) bond motifs is 3. The fraction of sp³-hybridized carbons (Fsp3) is 0.362. The summed E-state index contributed by atoms with van der Waals surface area (Å²) < 4.78 is 50.1. The highest BCUT2D eigenvalue weighted by Crippen LogP contribution is 2.56. The number of rotatable bonds is 7. The van der Waals surface area contributed by atoms with Crippen molar-refractivity contribution in [3.8, 4) is 17.2 Å². The largest absolute Gasteiger partial charge is 0.438 e. The Labute approximate surface area is 370 Å². The molecule has 2 fully saturated rings. The molecule has 7 heterocycles. The highest BCUT2D eigenvalue weighted by atomic mass is 19.1. The Bertz CT molecular complexity index is 3380. The Morgan fingerprint density at radius 2 is 1.66 bits per heavy atom. The summed E-state index contributed by atoms with van der Waals surface area (Å²) in [6, 6.07) is 14.0. The fourth-order valence-electron chi connectivity index (χ4n) is 10.4. The van der Waals surface area contributed by atoms with Crippen LogP contribution in [0.3, 0.4) is 0 Å². The average Bonchev–Trinajstić information content (AvgIpc) is 3.90. The predicted molar refractivity (Wildman–Crippen MR) is 237 cm³/mol. The zero-order valence-corrected chi connectivity index (χ0v) is 37.0. The Morgan fingerprint density at radius 1 is 0.923 bits per heavy atom. The van der Waals surface area contributed by atoms with Crippen molar-refractivity contribution in [2.75, 3.05) is 31.1 Å². The van der Waals surface area contributed by atoms with Gasteiger partial charge in [-0.3, -0.25) is 28.1 Å². The van der Waals surface area contributed by atoms with Crippen LogP contribution in [0.15, 0.2) is 81.2 Å². The summed E-state index contributed by atoms with van der Waals surface area (Å²) in [6.45, 7) is 13.7. The Kier molecular flexibility index (Phi) is 8.89. The van der Waals surface area contributed by atoms with Gasteiger partial charge in [-0.2, -0.15) is 10.2 Å². The zero-order chi connectivity index (χ0) is 45.4. The van der Waals surface area contributed by atoms with Crippen LogP contribution in [0.1, 0.15) is 78.9 Å². The number of amides is 1. The lowest BCUT2D eigenvalue weighted by Gasteiger charge is -2.39. The number of aromatic nitrogens is 9. The van der Waals surface area contributed by atoms with Crippen molar-refractivity contribution in [2.45, 2.75) is 71.6 Å². The minimum absolute atomic E-state index is 0.0115. The molecule has 1 N–H and O–H groups in total. The van der Waals surface area contributed by atoms with Gasteiger partial charge in [0.1, 0.15) is 22.9 Å². The van der Waals surface area contributed by atoms with Gasteiger partial charge in [-0.25, -0.2) is 23.1 Å². The molecule has 65 heavy (non-hydrogen) atoms. The third-order valence-corrected chi connectivity index (χ3v) is 13.8. The maximum atomic E-state index is 16.1. The van der Waals surface area contributed by atoms with Crippen molar-refractivity contribution in [3.05, 3.63) is 134 Å². The number of nitrogens with one attached hydrogen (secondary N) is 1. The number of ether oxygens (including phenoxy) is 1. The zero-order valence-electron chi connectivity index (χ0n) is 37.0. The van der Waals surface area contributed by atoms with Crippen LogP contribution in [0.4, 0.5) is 14.5 Å². The Hall–Kier alpha value is -7.08. The molecule has 334 valence electrons. The number of halogens is 2. The fourth-order valence-corrected chi connectivity index (χ4v) is 10.4. The van der Waals surface area contributed by atoms with E-state index in [-0.39, 0.29) is 40.9 Å². The number of anilines is 1. The third kappa shape index (κ3) is 6.09. The third-order valence-electron chi connectivity index (χ3n) is 13.8. The van der Waals surface area contributed by atoms with Gasteiger partial charge in [-0.15, -0.1) is 0 Å². The van der Waals surface area contributed by atoms with Crippen molar-refractivity contribution in [1.29, 1.82) is 0 Å². The van der Waals surface area contributed by atoms with Crippen LogP contribution in [0.2, 0.25) is 0 Å². The van der Waals surface area contributed by atoms with E-state index >= 15 is 13.6 Å². The summed E-state index contributed by atoms with van der Waals surface area (Å²) in [4.78, 5) is 49.5. The van der Waals surface area contributed by atoms with Crippen molar-refractivity contribution < 1.29 is 22.8 Å². The van der Waals surface area contributed by atoms with E-state index in [2.05, 4.69) is 53.0 Å². The topological polar surface area (TPSA) is 159 Å². The minimum atomic E-state index is -0.871. The lowest BCUT2D eigenvalue weighted by molar-refractivity contribution is -0.0276. The molecule has 0 unspecified atom stereocenters. The van der Waals surface area contributed by atoms with Crippen LogP contribution in [0, 0.1) is 31.4 Å². The van der Waals surface area contributed by atoms with E-state index in [1.807, 2.05) is 23.6 Å². The van der Waals surface area contributed by atoms with Gasteiger partial charge in [0, 0.05) is 67.7 Å². The quantitative estimate of drug-likeness (QED) is 0.192. The molecule has 1 saturated carbocycles. The van der Waals surface area contributed by atoms with Crippen molar-refractivity contribution >= 4 is 33.4 Å². The number of aromatic amines is 1. The molecule has 2 aliphatic heterocycles. The van der Waals surface area contributed by atoms with Crippen LogP contribution >= 0.6 is 0 Å². The van der Waals surface area contributed by atoms with Crippen LogP contribution in [0.25, 0.3) is 39.0 Å². The smallest absolute Gasteiger partial charge is 0.372 e. The second kappa shape index (κ2) is 14.2. The average molecular weight is 884 g/mol. The summed E-state index contributed by atoms with van der Waals surface area (Å²) in [5.74, 6) is -1.24. The van der Waals surface area contributed by atoms with E-state index < -0.39 is 28.8 Å². The molecule has 5 aromatic heterocycles. The number of morpholine rings is 1. The van der Waals surface area contributed by atoms with Crippen molar-refractivity contribution in [2.24, 2.45) is 13.0 Å². The minimum Gasteiger partial charge on any atom is -0.372 e. The van der Waals surface area contributed by atoms with Gasteiger partial charge < -0.3 is 19.1 Å². The number of hydrogen-bond donors (Lipinski definition) is 1. The van der Waals surface area contributed by atoms with E-state index in [4.69, 9.17) is 14.4 Å². The standard InChI is InChI=1S/C47H47F2N11O5/c1-25-18-31(19-26(2)39(25)48)60-41(58-15-14-57(45(58)63)36-11-10-35-32(40(36)49)23-50-54(35)7)38-28(4)56(13-12-33(38)52-60)42(61)37-21-29-20-30(55-16-17-64-46(5,6)24-55)8-9-34(29)59(37)47(22-27(47)3)43-51-44(62)65-53-43/h8-11,14-15,18-21,23,27-28H,12-13,16-17,22,24H2,1-7H3,(H,51,53,62)/t27-,28-,47-/m0/s1. The number of benzene rings is 3. The molecular weight excluding hydrogens is 837 g/mol. The molecule has 11 rings (SSSR count). The van der Waals surface area contributed by atoms with E-state index in [0.29, 0.717) is 83.5 Å². The van der Waals surface area contributed by atoms with Gasteiger partial charge in [0.2, 0.25) is 0 Å². The monoisotopic (exact) mass is 883 g/mol. The molecule has 0 spiro atoms. The van der Waals surface area contributed by atoms with Crippen LogP contribution < -0.4 is 16.3 Å². The lowest BCUT2D eigenvalue weighted by atomic mass is 9.98. The first kappa shape index (κ1) is 40.7. The first-order valence-electron chi connectivity index (χ1n) is 21.8. The summed E-state index contributed by atoms with van der Waals surface area (Å²) in [7, 11) is 1.72. The summed E-state index contributed by atoms with van der Waals surface area (Å²) in [6.07, 6.45) is 5.41. The second-order valence-corrected chi connectivity index (χ2v) is 18.4. The lowest BCUT2D eigenvalue weighted by Crippen LogP contribution is -2.48. The van der Waals surface area contributed by atoms with Crippen molar-refractivity contribution in [3.63, 3.8) is 0 Å². The Morgan fingerprint density at radius 3 is 2.37 bits per heavy atom. The van der Waals surface area contributed by atoms with Gasteiger partial charge in [-0.05, 0) is 107 Å². The number of nitrogens with zero attached hydrogens (tertiary/aromatic N) is 10. The number of imidazole rings is 1. The van der Waals surface area contributed by atoms with Gasteiger partial charge in [-0.1, -0.05) is 12.1 Å². The predicted octanol–water partition coefficient (Wildman–Crippen LogP) is 6.38. The SMILES string of the molecule is Cc1cc(-n2nc3c(c2-n2ccn(-c4ccc5c(cnn5C)c4F)c2=O)[C@H](C)N(C(=O)c2cc4cc(N5CCOC(C)(C)C5)ccc4n2[C@@]2(c4noc(=O)[nH]4)C[C@@H]2C)CC3)cc(C)c1F.